The number of nitrogens with zero attached hydrogens (tertiary/aromatic N) is 3. The van der Waals surface area contributed by atoms with Crippen molar-refractivity contribution in [3.63, 3.8) is 0 Å². The summed E-state index contributed by atoms with van der Waals surface area (Å²) in [6.07, 6.45) is -0.625. The van der Waals surface area contributed by atoms with Crippen LogP contribution in [0.2, 0.25) is 0 Å². The molecule has 0 aliphatic carbocycles. The van der Waals surface area contributed by atoms with Gasteiger partial charge in [-0.25, -0.2) is 19.3 Å². The molecule has 7 atom stereocenters. The average molecular weight is 1020 g/mol. The molecule has 0 bridgehead atoms. The summed E-state index contributed by atoms with van der Waals surface area (Å²) in [6, 6.07) is 27.3. The number of hydrogen-bond donors (Lipinski definition) is 4. The maximum atomic E-state index is 16.9. The van der Waals surface area contributed by atoms with E-state index in [1.165, 1.54) is 14.2 Å². The van der Waals surface area contributed by atoms with E-state index in [0.717, 1.165) is 16.0 Å². The van der Waals surface area contributed by atoms with Gasteiger partial charge in [0, 0.05) is 18.7 Å². The molecule has 5 N–H and O–H groups in total. The number of nitrogens with two attached hydrogens (primary N) is 1. The number of morpholine rings is 1. The summed E-state index contributed by atoms with van der Waals surface area (Å²) < 4.78 is 29.1. The number of anilines is 1. The number of aliphatic hydroxyl groups is 1. The molecule has 75 heavy (non-hydrogen) atoms. The maximum Gasteiger partial charge on any atom is 0.329 e. The standard InChI is InChI=1S/C57H58N6O12/c1-33(2)46(52(66)73-5)60-56(70)62-42-22-21-34(14-13-24-59-55(58)69)28-41(42)57(54(62)68)45(51(65)61-25-23-37-30-43(71-3)44(72-4)31-39(37)32-61)48-53(67)75-49(36-17-10-7-11-18-36)47(35-15-8-6-9-16-35)63(48)50(57)38-19-12-20-40(29-38)74-27-26-64/h6-12,15-22,28-31,33,45-50,64H,23-27,32H2,1-5H3,(H,60,70)(H3,58,59,69)/t45-,46-,47-,48-,49+,50+,57-/m0/s1. The highest BCUT2D eigenvalue weighted by molar-refractivity contribution is 6.25. The number of imide groups is 1. The van der Waals surface area contributed by atoms with Crippen molar-refractivity contribution in [1.82, 2.24) is 20.4 Å². The van der Waals surface area contributed by atoms with Gasteiger partial charge in [0.05, 0.1) is 58.2 Å². The normalized spacial score (nSPS) is 21.9. The van der Waals surface area contributed by atoms with E-state index in [-0.39, 0.29) is 44.1 Å². The van der Waals surface area contributed by atoms with E-state index in [1.807, 2.05) is 77.7 Å². The number of methoxy groups -OCH3 is 3. The number of nitrogens with one attached hydrogen (secondary N) is 2. The minimum absolute atomic E-state index is 0.0472. The second-order valence-electron chi connectivity index (χ2n) is 19.0. The van der Waals surface area contributed by atoms with Gasteiger partial charge in [0.1, 0.15) is 36.0 Å². The molecule has 2 saturated heterocycles. The zero-order valence-electron chi connectivity index (χ0n) is 42.1. The van der Waals surface area contributed by atoms with Gasteiger partial charge in [0.2, 0.25) is 11.8 Å². The Balaban J connectivity index is 1.36. The number of carbonyl (C=O) groups is 6. The molecule has 1 spiro atoms. The molecule has 9 rings (SSSR count). The van der Waals surface area contributed by atoms with Crippen molar-refractivity contribution in [2.24, 2.45) is 17.6 Å². The summed E-state index contributed by atoms with van der Waals surface area (Å²) in [6.45, 7) is 3.13. The lowest BCUT2D eigenvalue weighted by Crippen LogP contribution is -2.58. The van der Waals surface area contributed by atoms with Gasteiger partial charge in [-0.15, -0.1) is 0 Å². The van der Waals surface area contributed by atoms with Crippen LogP contribution >= 0.6 is 0 Å². The van der Waals surface area contributed by atoms with Crippen LogP contribution in [-0.4, -0.2) is 110 Å². The number of amides is 6. The number of benzene rings is 5. The largest absolute Gasteiger partial charge is 0.493 e. The Bertz CT molecular complexity index is 3090. The van der Waals surface area contributed by atoms with Crippen LogP contribution in [0, 0.1) is 23.7 Å². The third kappa shape index (κ3) is 9.33. The van der Waals surface area contributed by atoms with E-state index in [0.29, 0.717) is 45.9 Å². The molecule has 4 aliphatic heterocycles. The fourth-order valence-corrected chi connectivity index (χ4v) is 11.3. The SMILES string of the molecule is COC(=O)[C@@H](NC(=O)N1C(=O)[C@@]2(c3cc(C#CCNC(N)=O)ccc31)[C@H](C(=O)N1CCc3cc(OC)c(OC)cc3C1)[C@H]1C(=O)O[C@H](c3ccccc3)[C@H](c3ccccc3)N1[C@@H]2c1cccc(OCCO)c1)C(C)C. The molecular formula is C57H58N6O12. The third-order valence-electron chi connectivity index (χ3n) is 14.5. The Kier molecular flexibility index (Phi) is 14.8. The van der Waals surface area contributed by atoms with Crippen LogP contribution < -0.4 is 35.5 Å². The molecule has 5 aromatic rings. The summed E-state index contributed by atoms with van der Waals surface area (Å²) in [5, 5.41) is 15.1. The maximum absolute atomic E-state index is 16.9. The molecule has 18 nitrogen and oxygen atoms in total. The Labute approximate surface area is 434 Å². The summed E-state index contributed by atoms with van der Waals surface area (Å²) >= 11 is 0. The monoisotopic (exact) mass is 1020 g/mol. The van der Waals surface area contributed by atoms with Crippen molar-refractivity contribution in [2.75, 3.05) is 52.5 Å². The topological polar surface area (TPSA) is 229 Å². The molecule has 388 valence electrons. The van der Waals surface area contributed by atoms with Crippen molar-refractivity contribution in [3.8, 4) is 29.1 Å². The third-order valence-corrected chi connectivity index (χ3v) is 14.5. The quantitative estimate of drug-likeness (QED) is 0.0874. The van der Waals surface area contributed by atoms with Crippen LogP contribution in [0.1, 0.15) is 71.0 Å². The number of rotatable bonds is 13. The number of primary amides is 1. The van der Waals surface area contributed by atoms with Gasteiger partial charge >= 0.3 is 24.0 Å². The van der Waals surface area contributed by atoms with Gasteiger partial charge in [-0.05, 0) is 88.2 Å². The minimum atomic E-state index is -2.19. The van der Waals surface area contributed by atoms with Gasteiger partial charge in [-0.3, -0.25) is 19.3 Å². The summed E-state index contributed by atoms with van der Waals surface area (Å²) in [5.41, 5.74) is 7.15. The highest BCUT2D eigenvalue weighted by atomic mass is 16.6. The lowest BCUT2D eigenvalue weighted by Gasteiger charge is -2.46. The molecule has 2 fully saturated rings. The fourth-order valence-electron chi connectivity index (χ4n) is 11.3. The first-order chi connectivity index (χ1) is 36.3. The number of fused-ring (bicyclic) bond motifs is 4. The first kappa shape index (κ1) is 51.5. The van der Waals surface area contributed by atoms with Crippen LogP contribution in [0.3, 0.4) is 0 Å². The van der Waals surface area contributed by atoms with E-state index >= 15 is 19.2 Å². The molecule has 0 saturated carbocycles. The number of aliphatic hydroxyl groups excluding tert-OH is 1. The Morgan fingerprint density at radius 1 is 0.840 bits per heavy atom. The van der Waals surface area contributed by atoms with Crippen LogP contribution in [0.25, 0.3) is 0 Å². The molecule has 5 aromatic carbocycles. The van der Waals surface area contributed by atoms with Gasteiger partial charge < -0.3 is 50.1 Å². The van der Waals surface area contributed by atoms with E-state index in [9.17, 15) is 14.7 Å². The van der Waals surface area contributed by atoms with Crippen LogP contribution in [-0.2, 0) is 47.0 Å². The molecule has 4 aliphatic rings. The van der Waals surface area contributed by atoms with Crippen LogP contribution in [0.4, 0.5) is 15.3 Å². The minimum Gasteiger partial charge on any atom is -0.493 e. The number of ether oxygens (including phenoxy) is 5. The number of hydrogen-bond acceptors (Lipinski definition) is 13. The molecule has 0 radical (unpaired) electrons. The van der Waals surface area contributed by atoms with E-state index < -0.39 is 83.3 Å². The lowest BCUT2D eigenvalue weighted by atomic mass is 9.64. The molecule has 0 aromatic heterocycles. The number of urea groups is 2. The average Bonchev–Trinajstić information content (AvgIpc) is 3.88. The van der Waals surface area contributed by atoms with Gasteiger partial charge in [0.25, 0.3) is 0 Å². The Hall–Kier alpha value is -8.40. The van der Waals surface area contributed by atoms with E-state index in [4.69, 9.17) is 29.4 Å². The predicted molar refractivity (Wildman–Crippen MR) is 273 cm³/mol. The van der Waals surface area contributed by atoms with Crippen molar-refractivity contribution in [1.29, 1.82) is 0 Å². The van der Waals surface area contributed by atoms with Gasteiger partial charge in [-0.2, -0.15) is 0 Å². The fraction of sp³-hybridized carbons (Fsp3) is 0.333. The van der Waals surface area contributed by atoms with Crippen molar-refractivity contribution in [3.05, 3.63) is 154 Å². The van der Waals surface area contributed by atoms with Crippen molar-refractivity contribution in [2.45, 2.75) is 62.5 Å². The Morgan fingerprint density at radius 2 is 1.52 bits per heavy atom. The summed E-state index contributed by atoms with van der Waals surface area (Å²) in [5.74, 6) is 2.08. The highest BCUT2D eigenvalue weighted by Gasteiger charge is 2.76. The van der Waals surface area contributed by atoms with Gasteiger partial charge in [-0.1, -0.05) is 98.5 Å². The number of carbonyl (C=O) groups excluding carboxylic acids is 6. The first-order valence-electron chi connectivity index (χ1n) is 24.6. The van der Waals surface area contributed by atoms with E-state index in [1.54, 1.807) is 68.3 Å². The number of esters is 2. The molecule has 4 heterocycles. The molecular weight excluding hydrogens is 961 g/mol. The zero-order chi connectivity index (χ0) is 53.1. The van der Waals surface area contributed by atoms with Crippen molar-refractivity contribution >= 4 is 41.5 Å². The highest BCUT2D eigenvalue weighted by Crippen LogP contribution is 2.66. The Morgan fingerprint density at radius 3 is 2.17 bits per heavy atom. The van der Waals surface area contributed by atoms with Gasteiger partial charge in [0.15, 0.2) is 11.5 Å². The summed E-state index contributed by atoms with van der Waals surface area (Å²) in [4.78, 5) is 93.9. The lowest BCUT2D eigenvalue weighted by molar-refractivity contribution is -0.179. The second kappa shape index (κ2) is 21.6. The summed E-state index contributed by atoms with van der Waals surface area (Å²) in [7, 11) is 4.26. The molecule has 0 unspecified atom stereocenters. The number of cyclic esters (lactones) is 1. The zero-order valence-corrected chi connectivity index (χ0v) is 42.1. The van der Waals surface area contributed by atoms with Crippen LogP contribution in [0.15, 0.2) is 115 Å². The predicted octanol–water partition coefficient (Wildman–Crippen LogP) is 5.25. The van der Waals surface area contributed by atoms with E-state index in [2.05, 4.69) is 22.5 Å². The first-order valence-corrected chi connectivity index (χ1v) is 24.6. The van der Waals surface area contributed by atoms with Crippen molar-refractivity contribution < 1.29 is 57.6 Å². The molecule has 18 heteroatoms. The van der Waals surface area contributed by atoms with Crippen LogP contribution in [0.5, 0.6) is 17.2 Å². The smallest absolute Gasteiger partial charge is 0.329 e. The second-order valence-corrected chi connectivity index (χ2v) is 19.0. The molecule has 6 amide bonds.